The molecule has 1 nitrogen and oxygen atoms in total. The van der Waals surface area contributed by atoms with Crippen molar-refractivity contribution in [3.8, 4) is 0 Å². The van der Waals surface area contributed by atoms with Gasteiger partial charge in [0.25, 0.3) is 0 Å². The number of hydrogen-bond acceptors (Lipinski definition) is 1. The Kier molecular flexibility index (Phi) is 5.23. The summed E-state index contributed by atoms with van der Waals surface area (Å²) in [5, 5.41) is 4.07. The maximum absolute atomic E-state index is 13.3. The molecule has 3 heteroatoms. The van der Waals surface area contributed by atoms with Crippen molar-refractivity contribution < 1.29 is 4.39 Å². The van der Waals surface area contributed by atoms with E-state index in [1.807, 2.05) is 6.07 Å². The van der Waals surface area contributed by atoms with Crippen molar-refractivity contribution in [2.75, 3.05) is 0 Å². The highest BCUT2D eigenvalue weighted by atomic mass is 35.5. The van der Waals surface area contributed by atoms with Crippen LogP contribution in [0.5, 0.6) is 0 Å². The maximum atomic E-state index is 13.3. The molecular weight excluding hydrogens is 261 g/mol. The summed E-state index contributed by atoms with van der Waals surface area (Å²) in [6.45, 7) is 5.29. The van der Waals surface area contributed by atoms with Gasteiger partial charge >= 0.3 is 0 Å². The van der Waals surface area contributed by atoms with Crippen molar-refractivity contribution in [1.29, 1.82) is 0 Å². The monoisotopic (exact) mass is 283 g/mol. The van der Waals surface area contributed by atoms with Crippen molar-refractivity contribution in [3.05, 3.63) is 34.6 Å². The Balaban J connectivity index is 1.96. The first-order valence-electron chi connectivity index (χ1n) is 7.24. The normalized spacial score (nSPS) is 23.8. The predicted molar refractivity (Wildman–Crippen MR) is 78.8 cm³/mol. The van der Waals surface area contributed by atoms with Gasteiger partial charge in [-0.3, -0.25) is 0 Å². The van der Waals surface area contributed by atoms with Gasteiger partial charge in [0.15, 0.2) is 0 Å². The van der Waals surface area contributed by atoms with E-state index < -0.39 is 0 Å². The summed E-state index contributed by atoms with van der Waals surface area (Å²) in [4.78, 5) is 0. The molecule has 0 radical (unpaired) electrons. The molecule has 1 aromatic rings. The van der Waals surface area contributed by atoms with Crippen molar-refractivity contribution in [2.45, 2.75) is 52.1 Å². The Morgan fingerprint density at radius 1 is 1.26 bits per heavy atom. The van der Waals surface area contributed by atoms with E-state index in [1.54, 1.807) is 6.07 Å². The molecule has 0 heterocycles. The number of nitrogens with one attached hydrogen (secondary N) is 1. The molecule has 0 aromatic heterocycles. The zero-order valence-corrected chi connectivity index (χ0v) is 12.5. The van der Waals surface area contributed by atoms with E-state index in [0.29, 0.717) is 23.5 Å². The Bertz CT molecular complexity index is 399. The molecule has 2 atom stereocenters. The lowest BCUT2D eigenvalue weighted by molar-refractivity contribution is 0.204. The van der Waals surface area contributed by atoms with Crippen LogP contribution in [-0.2, 0) is 6.54 Å². The van der Waals surface area contributed by atoms with Crippen LogP contribution in [0.25, 0.3) is 0 Å². The lowest BCUT2D eigenvalue weighted by Gasteiger charge is -2.35. The fourth-order valence-electron chi connectivity index (χ4n) is 3.17. The predicted octanol–water partition coefficient (Wildman–Crippen LogP) is 4.78. The minimum absolute atomic E-state index is 0.256. The van der Waals surface area contributed by atoms with Crippen LogP contribution < -0.4 is 5.32 Å². The van der Waals surface area contributed by atoms with Gasteiger partial charge in [-0.1, -0.05) is 38.3 Å². The van der Waals surface area contributed by atoms with Gasteiger partial charge in [0.2, 0.25) is 0 Å². The molecule has 0 bridgehead atoms. The van der Waals surface area contributed by atoms with Gasteiger partial charge < -0.3 is 5.32 Å². The molecule has 1 aliphatic rings. The van der Waals surface area contributed by atoms with E-state index >= 15 is 0 Å². The fourth-order valence-corrected chi connectivity index (χ4v) is 3.42. The molecule has 1 aliphatic carbocycles. The van der Waals surface area contributed by atoms with Crippen LogP contribution in [0, 0.1) is 17.7 Å². The third kappa shape index (κ3) is 4.19. The average Bonchev–Trinajstić information content (AvgIpc) is 2.35. The highest BCUT2D eigenvalue weighted by Crippen LogP contribution is 2.30. The van der Waals surface area contributed by atoms with E-state index in [1.165, 1.54) is 31.7 Å². The molecule has 19 heavy (non-hydrogen) atoms. The van der Waals surface area contributed by atoms with Gasteiger partial charge in [-0.2, -0.15) is 0 Å². The SMILES string of the molecule is CC(C)C1CCCCC1NCc1cc(F)cc(Cl)c1. The molecule has 1 aromatic carbocycles. The summed E-state index contributed by atoms with van der Waals surface area (Å²) in [5.74, 6) is 1.18. The van der Waals surface area contributed by atoms with Crippen LogP contribution >= 0.6 is 11.6 Å². The topological polar surface area (TPSA) is 12.0 Å². The molecule has 1 fully saturated rings. The lowest BCUT2D eigenvalue weighted by Crippen LogP contribution is -2.40. The molecule has 2 rings (SSSR count). The van der Waals surface area contributed by atoms with E-state index in [4.69, 9.17) is 11.6 Å². The Morgan fingerprint density at radius 3 is 2.68 bits per heavy atom. The van der Waals surface area contributed by atoms with Crippen molar-refractivity contribution in [2.24, 2.45) is 11.8 Å². The highest BCUT2D eigenvalue weighted by molar-refractivity contribution is 6.30. The lowest BCUT2D eigenvalue weighted by atomic mass is 9.78. The smallest absolute Gasteiger partial charge is 0.125 e. The van der Waals surface area contributed by atoms with Crippen LogP contribution in [-0.4, -0.2) is 6.04 Å². The number of rotatable bonds is 4. The molecule has 0 amide bonds. The summed E-state index contributed by atoms with van der Waals surface area (Å²) in [6.07, 6.45) is 5.17. The minimum Gasteiger partial charge on any atom is -0.310 e. The highest BCUT2D eigenvalue weighted by Gasteiger charge is 2.26. The van der Waals surface area contributed by atoms with Gasteiger partial charge in [-0.15, -0.1) is 0 Å². The second-order valence-electron chi connectivity index (χ2n) is 5.96. The zero-order valence-electron chi connectivity index (χ0n) is 11.8. The molecule has 106 valence electrons. The third-order valence-electron chi connectivity index (χ3n) is 4.17. The first-order chi connectivity index (χ1) is 9.06. The Hall–Kier alpha value is -0.600. The van der Waals surface area contributed by atoms with E-state index in [0.717, 1.165) is 11.5 Å². The quantitative estimate of drug-likeness (QED) is 0.838. The Morgan fingerprint density at radius 2 is 2.00 bits per heavy atom. The summed E-state index contributed by atoms with van der Waals surface area (Å²) in [5.41, 5.74) is 0.929. The molecule has 0 spiro atoms. The number of benzene rings is 1. The van der Waals surface area contributed by atoms with Crippen LogP contribution in [0.3, 0.4) is 0 Å². The summed E-state index contributed by atoms with van der Waals surface area (Å²) < 4.78 is 13.3. The average molecular weight is 284 g/mol. The van der Waals surface area contributed by atoms with Crippen molar-refractivity contribution in [1.82, 2.24) is 5.32 Å². The van der Waals surface area contributed by atoms with Gasteiger partial charge in [0.1, 0.15) is 5.82 Å². The van der Waals surface area contributed by atoms with E-state index in [2.05, 4.69) is 19.2 Å². The summed E-state index contributed by atoms with van der Waals surface area (Å²) in [7, 11) is 0. The third-order valence-corrected chi connectivity index (χ3v) is 4.38. The van der Waals surface area contributed by atoms with Gasteiger partial charge in [0, 0.05) is 17.6 Å². The molecular formula is C16H23ClFN. The summed E-state index contributed by atoms with van der Waals surface area (Å²) in [6, 6.07) is 5.30. The van der Waals surface area contributed by atoms with Gasteiger partial charge in [0.05, 0.1) is 0 Å². The second kappa shape index (κ2) is 6.71. The zero-order chi connectivity index (χ0) is 13.8. The largest absolute Gasteiger partial charge is 0.310 e. The maximum Gasteiger partial charge on any atom is 0.125 e. The van der Waals surface area contributed by atoms with Crippen LogP contribution in [0.4, 0.5) is 4.39 Å². The fraction of sp³-hybridized carbons (Fsp3) is 0.625. The minimum atomic E-state index is -0.256. The first kappa shape index (κ1) is 14.8. The molecule has 0 saturated heterocycles. The number of hydrogen-bond donors (Lipinski definition) is 1. The van der Waals surface area contributed by atoms with Gasteiger partial charge in [-0.25, -0.2) is 4.39 Å². The van der Waals surface area contributed by atoms with E-state index in [9.17, 15) is 4.39 Å². The van der Waals surface area contributed by atoms with Crippen LogP contribution in [0.15, 0.2) is 18.2 Å². The van der Waals surface area contributed by atoms with Crippen LogP contribution in [0.2, 0.25) is 5.02 Å². The van der Waals surface area contributed by atoms with Crippen molar-refractivity contribution >= 4 is 11.6 Å². The van der Waals surface area contributed by atoms with Crippen LogP contribution in [0.1, 0.15) is 45.1 Å². The standard InChI is InChI=1S/C16H23ClFN/c1-11(2)15-5-3-4-6-16(15)19-10-12-7-13(17)9-14(18)8-12/h7-9,11,15-16,19H,3-6,10H2,1-2H3. The molecule has 1 N–H and O–H groups in total. The molecule has 0 aliphatic heterocycles. The van der Waals surface area contributed by atoms with E-state index in [-0.39, 0.29) is 5.82 Å². The summed E-state index contributed by atoms with van der Waals surface area (Å²) >= 11 is 5.88. The molecule has 1 saturated carbocycles. The Labute approximate surface area is 120 Å². The van der Waals surface area contributed by atoms with Gasteiger partial charge in [-0.05, 0) is 48.4 Å². The second-order valence-corrected chi connectivity index (χ2v) is 6.39. The first-order valence-corrected chi connectivity index (χ1v) is 7.62. The van der Waals surface area contributed by atoms with Crippen molar-refractivity contribution in [3.63, 3.8) is 0 Å². The number of halogens is 2. The molecule has 2 unspecified atom stereocenters.